The number of aliphatic hydroxyl groups is 1. The van der Waals surface area contributed by atoms with Crippen LogP contribution in [0.1, 0.15) is 19.3 Å². The van der Waals surface area contributed by atoms with Crippen molar-refractivity contribution in [2.45, 2.75) is 19.3 Å². The summed E-state index contributed by atoms with van der Waals surface area (Å²) >= 11 is 0. The first-order valence-electron chi connectivity index (χ1n) is 5.28. The summed E-state index contributed by atoms with van der Waals surface area (Å²) in [4.78, 5) is 6.14. The SMILES string of the molecule is CN(CCCCCO)c1cccnc1N. The molecular weight excluding hydrogens is 190 g/mol. The van der Waals surface area contributed by atoms with Gasteiger partial charge in [-0.1, -0.05) is 0 Å². The number of rotatable bonds is 6. The van der Waals surface area contributed by atoms with Crippen LogP contribution in [0.3, 0.4) is 0 Å². The smallest absolute Gasteiger partial charge is 0.146 e. The average Bonchev–Trinajstić information content (AvgIpc) is 2.25. The number of aromatic nitrogens is 1. The van der Waals surface area contributed by atoms with E-state index >= 15 is 0 Å². The largest absolute Gasteiger partial charge is 0.396 e. The summed E-state index contributed by atoms with van der Waals surface area (Å²) in [6.07, 6.45) is 4.67. The number of hydrogen-bond donors (Lipinski definition) is 2. The minimum absolute atomic E-state index is 0.277. The van der Waals surface area contributed by atoms with Crippen molar-refractivity contribution in [1.29, 1.82) is 0 Å². The van der Waals surface area contributed by atoms with E-state index in [2.05, 4.69) is 9.88 Å². The Hall–Kier alpha value is -1.29. The highest BCUT2D eigenvalue weighted by molar-refractivity contribution is 5.62. The Morgan fingerprint density at radius 2 is 2.20 bits per heavy atom. The average molecular weight is 209 g/mol. The first kappa shape index (κ1) is 11.8. The fourth-order valence-electron chi connectivity index (χ4n) is 1.49. The summed E-state index contributed by atoms with van der Waals surface area (Å²) < 4.78 is 0. The Labute approximate surface area is 90.7 Å². The van der Waals surface area contributed by atoms with E-state index < -0.39 is 0 Å². The Bertz CT molecular complexity index is 291. The zero-order valence-corrected chi connectivity index (χ0v) is 9.19. The van der Waals surface area contributed by atoms with Gasteiger partial charge in [0, 0.05) is 26.4 Å². The van der Waals surface area contributed by atoms with Crippen LogP contribution in [0.2, 0.25) is 0 Å². The van der Waals surface area contributed by atoms with Crippen molar-refractivity contribution < 1.29 is 5.11 Å². The third-order valence-electron chi connectivity index (χ3n) is 2.38. The lowest BCUT2D eigenvalue weighted by atomic mass is 10.2. The minimum atomic E-state index is 0.277. The van der Waals surface area contributed by atoms with E-state index in [1.165, 1.54) is 0 Å². The molecule has 0 saturated carbocycles. The highest BCUT2D eigenvalue weighted by Crippen LogP contribution is 2.18. The van der Waals surface area contributed by atoms with Crippen LogP contribution in [0.25, 0.3) is 0 Å². The molecule has 1 aromatic rings. The Kier molecular flexibility index (Phi) is 4.90. The number of anilines is 2. The molecule has 1 heterocycles. The number of unbranched alkanes of at least 4 members (excludes halogenated alkanes) is 2. The molecule has 0 bridgehead atoms. The molecule has 0 radical (unpaired) electrons. The van der Waals surface area contributed by atoms with Crippen LogP contribution in [0.4, 0.5) is 11.5 Å². The highest BCUT2D eigenvalue weighted by atomic mass is 16.2. The Morgan fingerprint density at radius 3 is 2.87 bits per heavy atom. The number of pyridine rings is 1. The monoisotopic (exact) mass is 209 g/mol. The van der Waals surface area contributed by atoms with Crippen LogP contribution in [0, 0.1) is 0 Å². The molecule has 0 saturated heterocycles. The van der Waals surface area contributed by atoms with Crippen molar-refractivity contribution >= 4 is 11.5 Å². The van der Waals surface area contributed by atoms with Crippen molar-refractivity contribution in [2.24, 2.45) is 0 Å². The Morgan fingerprint density at radius 1 is 1.40 bits per heavy atom. The van der Waals surface area contributed by atoms with E-state index in [1.54, 1.807) is 6.20 Å². The van der Waals surface area contributed by atoms with Gasteiger partial charge in [0.1, 0.15) is 5.82 Å². The molecule has 0 aromatic carbocycles. The molecule has 0 spiro atoms. The summed E-state index contributed by atoms with van der Waals surface area (Å²) in [5.74, 6) is 0.571. The van der Waals surface area contributed by atoms with Gasteiger partial charge >= 0.3 is 0 Å². The van der Waals surface area contributed by atoms with Gasteiger partial charge in [-0.05, 0) is 31.4 Å². The fraction of sp³-hybridized carbons (Fsp3) is 0.545. The highest BCUT2D eigenvalue weighted by Gasteiger charge is 2.04. The second kappa shape index (κ2) is 6.24. The Balaban J connectivity index is 2.40. The molecule has 0 fully saturated rings. The predicted octanol–water partition coefficient (Wildman–Crippen LogP) is 1.26. The van der Waals surface area contributed by atoms with E-state index in [0.29, 0.717) is 5.82 Å². The third kappa shape index (κ3) is 3.75. The standard InChI is InChI=1S/C11H19N3O/c1-14(8-3-2-4-9-15)10-6-5-7-13-11(10)12/h5-7,15H,2-4,8-9H2,1H3,(H2,12,13). The molecule has 15 heavy (non-hydrogen) atoms. The van der Waals surface area contributed by atoms with E-state index in [-0.39, 0.29) is 6.61 Å². The van der Waals surface area contributed by atoms with Gasteiger partial charge < -0.3 is 15.7 Å². The second-order valence-electron chi connectivity index (χ2n) is 3.61. The maximum Gasteiger partial charge on any atom is 0.146 e. The summed E-state index contributed by atoms with van der Waals surface area (Å²) in [5.41, 5.74) is 6.73. The second-order valence-corrected chi connectivity index (χ2v) is 3.61. The molecular formula is C11H19N3O. The zero-order chi connectivity index (χ0) is 11.1. The van der Waals surface area contributed by atoms with Crippen LogP contribution in [-0.4, -0.2) is 30.3 Å². The molecule has 4 heteroatoms. The van der Waals surface area contributed by atoms with Gasteiger partial charge in [0.25, 0.3) is 0 Å². The molecule has 0 amide bonds. The minimum Gasteiger partial charge on any atom is -0.396 e. The van der Waals surface area contributed by atoms with Crippen molar-refractivity contribution in [3.8, 4) is 0 Å². The number of hydrogen-bond acceptors (Lipinski definition) is 4. The van der Waals surface area contributed by atoms with Gasteiger partial charge in [-0.25, -0.2) is 4.98 Å². The summed E-state index contributed by atoms with van der Waals surface area (Å²) in [5, 5.41) is 8.65. The molecule has 0 aliphatic rings. The van der Waals surface area contributed by atoms with Gasteiger partial charge in [-0.2, -0.15) is 0 Å². The van der Waals surface area contributed by atoms with Crippen molar-refractivity contribution in [3.63, 3.8) is 0 Å². The summed E-state index contributed by atoms with van der Waals surface area (Å²) in [7, 11) is 2.01. The van der Waals surface area contributed by atoms with Crippen molar-refractivity contribution in [1.82, 2.24) is 4.98 Å². The molecule has 4 nitrogen and oxygen atoms in total. The molecule has 3 N–H and O–H groups in total. The normalized spacial score (nSPS) is 10.3. The van der Waals surface area contributed by atoms with E-state index in [0.717, 1.165) is 31.5 Å². The molecule has 0 atom stereocenters. The zero-order valence-electron chi connectivity index (χ0n) is 9.19. The first-order chi connectivity index (χ1) is 7.25. The van der Waals surface area contributed by atoms with E-state index in [9.17, 15) is 0 Å². The maximum atomic E-state index is 8.65. The third-order valence-corrected chi connectivity index (χ3v) is 2.38. The van der Waals surface area contributed by atoms with Gasteiger partial charge in [-0.3, -0.25) is 0 Å². The van der Waals surface area contributed by atoms with Gasteiger partial charge in [0.05, 0.1) is 5.69 Å². The molecule has 0 aliphatic heterocycles. The first-order valence-corrected chi connectivity index (χ1v) is 5.28. The molecule has 1 rings (SSSR count). The maximum absolute atomic E-state index is 8.65. The van der Waals surface area contributed by atoms with Gasteiger partial charge in [0.2, 0.25) is 0 Å². The number of nitrogen functional groups attached to an aromatic ring is 1. The lowest BCUT2D eigenvalue weighted by Crippen LogP contribution is -2.20. The van der Waals surface area contributed by atoms with E-state index in [1.807, 2.05) is 19.2 Å². The quantitative estimate of drug-likeness (QED) is 0.692. The van der Waals surface area contributed by atoms with Gasteiger partial charge in [0.15, 0.2) is 0 Å². The van der Waals surface area contributed by atoms with E-state index in [4.69, 9.17) is 10.8 Å². The lowest BCUT2D eigenvalue weighted by Gasteiger charge is -2.19. The van der Waals surface area contributed by atoms with Crippen molar-refractivity contribution in [2.75, 3.05) is 30.8 Å². The van der Waals surface area contributed by atoms with Crippen LogP contribution < -0.4 is 10.6 Å². The van der Waals surface area contributed by atoms with Crippen LogP contribution >= 0.6 is 0 Å². The number of aliphatic hydroxyl groups excluding tert-OH is 1. The predicted molar refractivity (Wildman–Crippen MR) is 62.9 cm³/mol. The summed E-state index contributed by atoms with van der Waals surface area (Å²) in [6, 6.07) is 3.85. The fourth-order valence-corrected chi connectivity index (χ4v) is 1.49. The number of nitrogens with zero attached hydrogens (tertiary/aromatic N) is 2. The number of nitrogens with two attached hydrogens (primary N) is 1. The van der Waals surface area contributed by atoms with Crippen LogP contribution in [-0.2, 0) is 0 Å². The molecule has 1 aromatic heterocycles. The molecule has 84 valence electrons. The molecule has 0 aliphatic carbocycles. The van der Waals surface area contributed by atoms with Crippen molar-refractivity contribution in [3.05, 3.63) is 18.3 Å². The molecule has 0 unspecified atom stereocenters. The lowest BCUT2D eigenvalue weighted by molar-refractivity contribution is 0.283. The van der Waals surface area contributed by atoms with Crippen LogP contribution in [0.5, 0.6) is 0 Å². The van der Waals surface area contributed by atoms with Gasteiger partial charge in [-0.15, -0.1) is 0 Å². The van der Waals surface area contributed by atoms with Crippen LogP contribution in [0.15, 0.2) is 18.3 Å². The summed E-state index contributed by atoms with van der Waals surface area (Å²) in [6.45, 7) is 1.22. The topological polar surface area (TPSA) is 62.4 Å².